The summed E-state index contributed by atoms with van der Waals surface area (Å²) in [6.07, 6.45) is 0.980. The molecular formula is C17H25N3O. The van der Waals surface area contributed by atoms with Crippen molar-refractivity contribution in [2.45, 2.75) is 46.3 Å². The van der Waals surface area contributed by atoms with Crippen molar-refractivity contribution in [1.29, 1.82) is 0 Å². The first-order chi connectivity index (χ1) is 10.2. The van der Waals surface area contributed by atoms with E-state index in [-0.39, 0.29) is 0 Å². The smallest absolute Gasteiger partial charge is 0.118 e. The lowest BCUT2D eigenvalue weighted by atomic mass is 10.1. The minimum atomic E-state index is 0.293. The molecule has 1 atom stereocenters. The molecule has 0 fully saturated rings. The number of ether oxygens (including phenoxy) is 1. The van der Waals surface area contributed by atoms with Gasteiger partial charge >= 0.3 is 0 Å². The van der Waals surface area contributed by atoms with Gasteiger partial charge in [0.25, 0.3) is 0 Å². The number of nitrogens with one attached hydrogen (secondary N) is 1. The average molecular weight is 287 g/mol. The predicted molar refractivity (Wildman–Crippen MR) is 85.5 cm³/mol. The summed E-state index contributed by atoms with van der Waals surface area (Å²) >= 11 is 0. The molecule has 2 rings (SSSR count). The second kappa shape index (κ2) is 7.27. The van der Waals surface area contributed by atoms with Crippen molar-refractivity contribution in [3.05, 3.63) is 47.3 Å². The second-order valence-corrected chi connectivity index (χ2v) is 5.17. The van der Waals surface area contributed by atoms with Gasteiger partial charge in [0.1, 0.15) is 5.75 Å². The summed E-state index contributed by atoms with van der Waals surface area (Å²) in [5.74, 6) is 0.891. The summed E-state index contributed by atoms with van der Waals surface area (Å²) in [6, 6.07) is 10.7. The molecule has 1 N–H and O–H groups in total. The van der Waals surface area contributed by atoms with Crippen LogP contribution in [0.2, 0.25) is 0 Å². The maximum absolute atomic E-state index is 5.19. The number of nitrogens with zero attached hydrogens (tertiary/aromatic N) is 2. The fraction of sp³-hybridized carbons (Fsp3) is 0.471. The van der Waals surface area contributed by atoms with Crippen molar-refractivity contribution in [2.75, 3.05) is 7.11 Å². The van der Waals surface area contributed by atoms with Crippen LogP contribution in [0.25, 0.3) is 0 Å². The Morgan fingerprint density at radius 3 is 2.52 bits per heavy atom. The third-order valence-electron chi connectivity index (χ3n) is 3.78. The van der Waals surface area contributed by atoms with E-state index in [1.807, 2.05) is 12.1 Å². The zero-order chi connectivity index (χ0) is 15.2. The van der Waals surface area contributed by atoms with Crippen molar-refractivity contribution in [1.82, 2.24) is 15.1 Å². The maximum Gasteiger partial charge on any atom is 0.118 e. The van der Waals surface area contributed by atoms with Crippen LogP contribution < -0.4 is 10.1 Å². The van der Waals surface area contributed by atoms with Gasteiger partial charge in [-0.2, -0.15) is 5.10 Å². The lowest BCUT2D eigenvalue weighted by Gasteiger charge is -2.15. The Balaban J connectivity index is 1.99. The fourth-order valence-electron chi connectivity index (χ4n) is 2.37. The van der Waals surface area contributed by atoms with Crippen LogP contribution in [0, 0.1) is 0 Å². The van der Waals surface area contributed by atoms with Crippen LogP contribution in [0.15, 0.2) is 30.3 Å². The number of hydrogen-bond donors (Lipinski definition) is 1. The Morgan fingerprint density at radius 2 is 1.95 bits per heavy atom. The van der Waals surface area contributed by atoms with E-state index in [1.54, 1.807) is 7.11 Å². The third kappa shape index (κ3) is 3.85. The highest BCUT2D eigenvalue weighted by atomic mass is 16.5. The Hall–Kier alpha value is -1.81. The molecule has 0 spiro atoms. The van der Waals surface area contributed by atoms with E-state index in [1.165, 1.54) is 11.3 Å². The number of benzene rings is 1. The molecule has 1 heterocycles. The molecule has 21 heavy (non-hydrogen) atoms. The van der Waals surface area contributed by atoms with Crippen LogP contribution in [0.3, 0.4) is 0 Å². The zero-order valence-corrected chi connectivity index (χ0v) is 13.4. The van der Waals surface area contributed by atoms with Gasteiger partial charge in [-0.15, -0.1) is 0 Å². The average Bonchev–Trinajstić information content (AvgIpc) is 2.95. The quantitative estimate of drug-likeness (QED) is 0.849. The number of rotatable bonds is 7. The Bertz CT molecular complexity index is 560. The topological polar surface area (TPSA) is 39.1 Å². The second-order valence-electron chi connectivity index (χ2n) is 5.17. The molecule has 0 aliphatic carbocycles. The summed E-state index contributed by atoms with van der Waals surface area (Å²) in [5, 5.41) is 8.14. The lowest BCUT2D eigenvalue weighted by molar-refractivity contribution is 0.414. The molecule has 0 saturated carbocycles. The van der Waals surface area contributed by atoms with Crippen LogP contribution in [0.4, 0.5) is 0 Å². The standard InChI is InChI=1S/C17H25N3O/c1-5-15-11-16(20(6-2)19-15)12-18-13(3)14-7-9-17(21-4)10-8-14/h7-11,13,18H,5-6,12H2,1-4H3. The van der Waals surface area contributed by atoms with Gasteiger partial charge in [-0.05, 0) is 44.0 Å². The minimum Gasteiger partial charge on any atom is -0.497 e. The van der Waals surface area contributed by atoms with E-state index in [0.29, 0.717) is 6.04 Å². The van der Waals surface area contributed by atoms with Gasteiger partial charge < -0.3 is 10.1 Å². The molecule has 4 nitrogen and oxygen atoms in total. The van der Waals surface area contributed by atoms with Crippen molar-refractivity contribution in [3.8, 4) is 5.75 Å². The van der Waals surface area contributed by atoms with E-state index in [2.05, 4.69) is 54.1 Å². The molecule has 1 aromatic carbocycles. The van der Waals surface area contributed by atoms with Crippen LogP contribution in [0.5, 0.6) is 5.75 Å². The first-order valence-electron chi connectivity index (χ1n) is 7.60. The van der Waals surface area contributed by atoms with Gasteiger partial charge in [-0.25, -0.2) is 0 Å². The molecule has 0 aliphatic rings. The molecule has 0 saturated heterocycles. The molecule has 1 unspecified atom stereocenters. The molecule has 2 aromatic rings. The first kappa shape index (κ1) is 15.6. The summed E-state index contributed by atoms with van der Waals surface area (Å²) < 4.78 is 7.27. The van der Waals surface area contributed by atoms with Crippen molar-refractivity contribution in [3.63, 3.8) is 0 Å². The number of methoxy groups -OCH3 is 1. The summed E-state index contributed by atoms with van der Waals surface area (Å²) in [6.45, 7) is 8.18. The first-order valence-corrected chi connectivity index (χ1v) is 7.60. The molecule has 114 valence electrons. The van der Waals surface area contributed by atoms with Gasteiger partial charge in [-0.1, -0.05) is 19.1 Å². The molecular weight excluding hydrogens is 262 g/mol. The molecule has 0 amide bonds. The molecule has 1 aromatic heterocycles. The van der Waals surface area contributed by atoms with Crippen molar-refractivity contribution < 1.29 is 4.74 Å². The van der Waals surface area contributed by atoms with E-state index in [9.17, 15) is 0 Å². The number of aromatic nitrogens is 2. The molecule has 4 heteroatoms. The van der Waals surface area contributed by atoms with E-state index < -0.39 is 0 Å². The lowest BCUT2D eigenvalue weighted by Crippen LogP contribution is -2.20. The molecule has 0 bridgehead atoms. The highest BCUT2D eigenvalue weighted by Gasteiger charge is 2.09. The van der Waals surface area contributed by atoms with Crippen LogP contribution >= 0.6 is 0 Å². The highest BCUT2D eigenvalue weighted by Crippen LogP contribution is 2.18. The summed E-state index contributed by atoms with van der Waals surface area (Å²) in [7, 11) is 1.69. The van der Waals surface area contributed by atoms with Gasteiger partial charge in [0, 0.05) is 19.1 Å². The third-order valence-corrected chi connectivity index (χ3v) is 3.78. The van der Waals surface area contributed by atoms with E-state index >= 15 is 0 Å². The largest absolute Gasteiger partial charge is 0.497 e. The minimum absolute atomic E-state index is 0.293. The Labute approximate surface area is 127 Å². The number of aryl methyl sites for hydroxylation is 2. The van der Waals surface area contributed by atoms with Gasteiger partial charge in [0.2, 0.25) is 0 Å². The monoisotopic (exact) mass is 287 g/mol. The molecule has 0 aliphatic heterocycles. The van der Waals surface area contributed by atoms with Gasteiger partial charge in [0.05, 0.1) is 18.5 Å². The zero-order valence-electron chi connectivity index (χ0n) is 13.4. The van der Waals surface area contributed by atoms with Crippen molar-refractivity contribution >= 4 is 0 Å². The van der Waals surface area contributed by atoms with Crippen LogP contribution in [-0.4, -0.2) is 16.9 Å². The fourth-order valence-corrected chi connectivity index (χ4v) is 2.37. The van der Waals surface area contributed by atoms with Gasteiger partial charge in [-0.3, -0.25) is 4.68 Å². The van der Waals surface area contributed by atoms with Gasteiger partial charge in [0.15, 0.2) is 0 Å². The Kier molecular flexibility index (Phi) is 5.39. The Morgan fingerprint density at radius 1 is 1.24 bits per heavy atom. The maximum atomic E-state index is 5.19. The highest BCUT2D eigenvalue weighted by molar-refractivity contribution is 5.28. The normalized spacial score (nSPS) is 12.4. The molecule has 0 radical (unpaired) electrons. The predicted octanol–water partition coefficient (Wildman–Crippen LogP) is 3.32. The summed E-state index contributed by atoms with van der Waals surface area (Å²) in [5.41, 5.74) is 3.66. The van der Waals surface area contributed by atoms with Crippen LogP contribution in [-0.2, 0) is 19.5 Å². The number of hydrogen-bond acceptors (Lipinski definition) is 3. The summed E-state index contributed by atoms with van der Waals surface area (Å²) in [4.78, 5) is 0. The van der Waals surface area contributed by atoms with E-state index in [4.69, 9.17) is 4.74 Å². The SMILES string of the molecule is CCc1cc(CNC(C)c2ccc(OC)cc2)n(CC)n1. The van der Waals surface area contributed by atoms with E-state index in [0.717, 1.165) is 31.0 Å². The van der Waals surface area contributed by atoms with Crippen molar-refractivity contribution in [2.24, 2.45) is 0 Å². The van der Waals surface area contributed by atoms with Crippen LogP contribution in [0.1, 0.15) is 43.8 Å².